The van der Waals surface area contributed by atoms with Crippen molar-refractivity contribution in [1.29, 1.82) is 0 Å². The van der Waals surface area contributed by atoms with Crippen LogP contribution in [0.15, 0.2) is 47.5 Å². The number of ether oxygens (including phenoxy) is 2. The number of aliphatic imine (C=N–C) groups is 1. The average molecular weight is 407 g/mol. The number of unbranched alkanes of at least 4 members (excludes halogenated alkanes) is 1. The zero-order chi connectivity index (χ0) is 21.0. The predicted octanol–water partition coefficient (Wildman–Crippen LogP) is 5.56. The first-order chi connectivity index (χ1) is 14.6. The van der Waals surface area contributed by atoms with Gasteiger partial charge in [0.25, 0.3) is 0 Å². The van der Waals surface area contributed by atoms with Crippen LogP contribution in [-0.4, -0.2) is 36.9 Å². The smallest absolute Gasteiger partial charge is 0.410 e. The number of piperidine rings is 1. The lowest BCUT2D eigenvalue weighted by Crippen LogP contribution is -2.45. The molecule has 0 saturated carbocycles. The quantitative estimate of drug-likeness (QED) is 0.590. The van der Waals surface area contributed by atoms with Gasteiger partial charge >= 0.3 is 6.09 Å². The third kappa shape index (κ3) is 4.07. The first-order valence-electron chi connectivity index (χ1n) is 10.9. The van der Waals surface area contributed by atoms with Gasteiger partial charge < -0.3 is 14.4 Å². The van der Waals surface area contributed by atoms with Gasteiger partial charge in [-0.25, -0.2) is 4.79 Å². The van der Waals surface area contributed by atoms with Crippen LogP contribution in [0.2, 0.25) is 0 Å². The molecule has 2 aliphatic heterocycles. The lowest BCUT2D eigenvalue weighted by molar-refractivity contribution is 0.0838. The Labute approximate surface area is 178 Å². The van der Waals surface area contributed by atoms with Crippen molar-refractivity contribution in [1.82, 2.24) is 4.90 Å². The Balaban J connectivity index is 1.43. The highest BCUT2D eigenvalue weighted by molar-refractivity contribution is 5.89. The van der Waals surface area contributed by atoms with Gasteiger partial charge in [-0.15, -0.1) is 0 Å². The fraction of sp³-hybridized carbons (Fsp3) is 0.440. The van der Waals surface area contributed by atoms with E-state index in [4.69, 9.17) is 14.5 Å². The second-order valence-electron chi connectivity index (χ2n) is 8.25. The van der Waals surface area contributed by atoms with Crippen LogP contribution >= 0.6 is 0 Å². The zero-order valence-corrected chi connectivity index (χ0v) is 17.9. The molecule has 1 amide bonds. The van der Waals surface area contributed by atoms with Crippen molar-refractivity contribution < 1.29 is 14.3 Å². The van der Waals surface area contributed by atoms with E-state index in [1.54, 1.807) is 0 Å². The van der Waals surface area contributed by atoms with Gasteiger partial charge in [-0.05, 0) is 43.4 Å². The molecule has 5 heteroatoms. The predicted molar refractivity (Wildman–Crippen MR) is 119 cm³/mol. The molecule has 2 aromatic rings. The molecule has 1 spiro atoms. The number of rotatable bonds is 6. The van der Waals surface area contributed by atoms with E-state index in [2.05, 4.69) is 32.2 Å². The number of hydrogen-bond donors (Lipinski definition) is 0. The standard InChI is InChI=1S/C25H30N2O3/c1-3-4-16-29-21-11-10-19(2)23-22(21)25(18-26-23)12-14-27(15-13-25)24(28)30-17-20-8-6-5-7-9-20/h5-11,18H,3-4,12-17H2,1-2H3. The molecule has 2 aromatic carbocycles. The Kier molecular flexibility index (Phi) is 6.07. The van der Waals surface area contributed by atoms with Crippen molar-refractivity contribution in [3.8, 4) is 5.75 Å². The summed E-state index contributed by atoms with van der Waals surface area (Å²) in [7, 11) is 0. The SMILES string of the molecule is CCCCOc1ccc(C)c2c1C1(C=N2)CCN(C(=O)OCc2ccccc2)CC1. The highest BCUT2D eigenvalue weighted by Crippen LogP contribution is 2.49. The van der Waals surface area contributed by atoms with Crippen LogP contribution in [0.3, 0.4) is 0 Å². The van der Waals surface area contributed by atoms with Crippen LogP contribution in [0.1, 0.15) is 49.3 Å². The summed E-state index contributed by atoms with van der Waals surface area (Å²) in [5, 5.41) is 0. The van der Waals surface area contributed by atoms with Crippen molar-refractivity contribution in [2.24, 2.45) is 4.99 Å². The third-order valence-electron chi connectivity index (χ3n) is 6.15. The molecular formula is C25H30N2O3. The minimum absolute atomic E-state index is 0.154. The number of fused-ring (bicyclic) bond motifs is 2. The monoisotopic (exact) mass is 406 g/mol. The summed E-state index contributed by atoms with van der Waals surface area (Å²) < 4.78 is 11.7. The van der Waals surface area contributed by atoms with E-state index in [1.165, 1.54) is 11.1 Å². The second-order valence-corrected chi connectivity index (χ2v) is 8.25. The average Bonchev–Trinajstić information content (AvgIpc) is 3.15. The van der Waals surface area contributed by atoms with E-state index in [1.807, 2.05) is 35.2 Å². The first kappa shape index (κ1) is 20.5. The van der Waals surface area contributed by atoms with Crippen molar-refractivity contribution in [2.75, 3.05) is 19.7 Å². The molecule has 158 valence electrons. The van der Waals surface area contributed by atoms with Crippen LogP contribution in [0.5, 0.6) is 5.75 Å². The Hall–Kier alpha value is -2.82. The lowest BCUT2D eigenvalue weighted by atomic mass is 9.74. The summed E-state index contributed by atoms with van der Waals surface area (Å²) in [5.41, 5.74) is 4.27. The maximum Gasteiger partial charge on any atom is 0.410 e. The summed E-state index contributed by atoms with van der Waals surface area (Å²) in [6.45, 7) is 6.60. The minimum Gasteiger partial charge on any atom is -0.493 e. The zero-order valence-electron chi connectivity index (χ0n) is 17.9. The lowest BCUT2D eigenvalue weighted by Gasteiger charge is -2.38. The summed E-state index contributed by atoms with van der Waals surface area (Å²) in [6, 6.07) is 14.0. The molecule has 1 saturated heterocycles. The number of hydrogen-bond acceptors (Lipinski definition) is 4. The van der Waals surface area contributed by atoms with E-state index < -0.39 is 0 Å². The molecule has 0 atom stereocenters. The molecule has 2 aliphatic rings. The third-order valence-corrected chi connectivity index (χ3v) is 6.15. The molecule has 30 heavy (non-hydrogen) atoms. The summed E-state index contributed by atoms with van der Waals surface area (Å²) in [5.74, 6) is 0.946. The van der Waals surface area contributed by atoms with E-state index in [0.717, 1.165) is 49.3 Å². The molecular weight excluding hydrogens is 376 g/mol. The van der Waals surface area contributed by atoms with Gasteiger partial charge in [-0.2, -0.15) is 0 Å². The first-order valence-corrected chi connectivity index (χ1v) is 10.9. The van der Waals surface area contributed by atoms with Crippen LogP contribution < -0.4 is 4.74 Å². The Morgan fingerprint density at radius 3 is 2.63 bits per heavy atom. The maximum absolute atomic E-state index is 12.6. The van der Waals surface area contributed by atoms with Gasteiger partial charge in [-0.3, -0.25) is 4.99 Å². The number of likely N-dealkylation sites (tertiary alicyclic amines) is 1. The van der Waals surface area contributed by atoms with Gasteiger partial charge in [0.2, 0.25) is 0 Å². The Bertz CT molecular complexity index is 915. The molecule has 2 heterocycles. The van der Waals surface area contributed by atoms with E-state index in [0.29, 0.717) is 19.7 Å². The van der Waals surface area contributed by atoms with Gasteiger partial charge in [0, 0.05) is 30.3 Å². The van der Waals surface area contributed by atoms with Crippen LogP contribution in [0.4, 0.5) is 10.5 Å². The number of aryl methyl sites for hydroxylation is 1. The number of benzene rings is 2. The molecule has 0 radical (unpaired) electrons. The molecule has 1 fully saturated rings. The van der Waals surface area contributed by atoms with Gasteiger partial charge in [0.1, 0.15) is 12.4 Å². The molecule has 0 unspecified atom stereocenters. The van der Waals surface area contributed by atoms with Gasteiger partial charge in [0.05, 0.1) is 12.3 Å². The van der Waals surface area contributed by atoms with Crippen LogP contribution in [-0.2, 0) is 16.8 Å². The molecule has 4 rings (SSSR count). The highest BCUT2D eigenvalue weighted by Gasteiger charge is 2.43. The van der Waals surface area contributed by atoms with Crippen LogP contribution in [0.25, 0.3) is 0 Å². The van der Waals surface area contributed by atoms with Gasteiger partial charge in [0.15, 0.2) is 0 Å². The summed E-state index contributed by atoms with van der Waals surface area (Å²) in [6.07, 6.45) is 5.65. The summed E-state index contributed by atoms with van der Waals surface area (Å²) >= 11 is 0. The van der Waals surface area contributed by atoms with E-state index >= 15 is 0 Å². The highest BCUT2D eigenvalue weighted by atomic mass is 16.6. The molecule has 0 N–H and O–H groups in total. The minimum atomic E-state index is -0.243. The van der Waals surface area contributed by atoms with Crippen molar-refractivity contribution in [2.45, 2.75) is 51.6 Å². The Morgan fingerprint density at radius 2 is 1.90 bits per heavy atom. The van der Waals surface area contributed by atoms with Crippen molar-refractivity contribution in [3.05, 3.63) is 59.2 Å². The molecule has 0 aromatic heterocycles. The van der Waals surface area contributed by atoms with Crippen LogP contribution in [0, 0.1) is 6.92 Å². The summed E-state index contributed by atoms with van der Waals surface area (Å²) in [4.78, 5) is 19.1. The maximum atomic E-state index is 12.6. The molecule has 0 aliphatic carbocycles. The van der Waals surface area contributed by atoms with Crippen molar-refractivity contribution in [3.63, 3.8) is 0 Å². The largest absolute Gasteiger partial charge is 0.493 e. The second kappa shape index (κ2) is 8.90. The number of carbonyl (C=O) groups is 1. The Morgan fingerprint density at radius 1 is 1.13 bits per heavy atom. The number of amides is 1. The number of carbonyl (C=O) groups excluding carboxylic acids is 1. The fourth-order valence-electron chi connectivity index (χ4n) is 4.30. The van der Waals surface area contributed by atoms with Crippen molar-refractivity contribution >= 4 is 18.0 Å². The molecule has 5 nitrogen and oxygen atoms in total. The van der Waals surface area contributed by atoms with Gasteiger partial charge in [-0.1, -0.05) is 49.7 Å². The molecule has 0 bridgehead atoms. The van der Waals surface area contributed by atoms with E-state index in [-0.39, 0.29) is 11.5 Å². The fourth-order valence-corrected chi connectivity index (χ4v) is 4.30. The number of nitrogens with zero attached hydrogens (tertiary/aromatic N) is 2. The normalized spacial score (nSPS) is 16.5. The van der Waals surface area contributed by atoms with E-state index in [9.17, 15) is 4.79 Å². The topological polar surface area (TPSA) is 51.1 Å².